The van der Waals surface area contributed by atoms with Crippen molar-refractivity contribution in [2.45, 2.75) is 32.2 Å². The normalized spacial score (nSPS) is 18.7. The van der Waals surface area contributed by atoms with E-state index >= 15 is 0 Å². The first-order valence-electron chi connectivity index (χ1n) is 6.56. The molecule has 1 aromatic carbocycles. The van der Waals surface area contributed by atoms with Gasteiger partial charge in [0, 0.05) is 16.7 Å². The van der Waals surface area contributed by atoms with E-state index in [0.717, 1.165) is 22.9 Å². The fourth-order valence-electron chi connectivity index (χ4n) is 2.36. The Hall–Kier alpha value is -1.56. The molecule has 1 aromatic rings. The van der Waals surface area contributed by atoms with E-state index in [0.29, 0.717) is 18.7 Å². The van der Waals surface area contributed by atoms with Gasteiger partial charge >= 0.3 is 12.0 Å². The molecule has 6 heteroatoms. The van der Waals surface area contributed by atoms with Crippen LogP contribution in [0.5, 0.6) is 0 Å². The highest BCUT2D eigenvalue weighted by Gasteiger charge is 2.32. The first-order valence-corrected chi connectivity index (χ1v) is 7.35. The molecule has 0 radical (unpaired) electrons. The molecule has 1 fully saturated rings. The maximum Gasteiger partial charge on any atom is 0.326 e. The predicted molar refractivity (Wildman–Crippen MR) is 79.9 cm³/mol. The third-order valence-electron chi connectivity index (χ3n) is 3.56. The van der Waals surface area contributed by atoms with Gasteiger partial charge in [-0.05, 0) is 43.9 Å². The van der Waals surface area contributed by atoms with E-state index in [-0.39, 0.29) is 6.03 Å². The molecule has 1 atom stereocenters. The number of carbonyl (C=O) groups excluding carboxylic acids is 1. The number of amides is 2. The quantitative estimate of drug-likeness (QED) is 0.868. The number of halogens is 1. The van der Waals surface area contributed by atoms with Gasteiger partial charge in [0.2, 0.25) is 0 Å². The van der Waals surface area contributed by atoms with Gasteiger partial charge in [-0.3, -0.25) is 0 Å². The highest BCUT2D eigenvalue weighted by atomic mass is 79.9. The van der Waals surface area contributed by atoms with Crippen LogP contribution in [0.2, 0.25) is 0 Å². The average Bonchev–Trinajstić information content (AvgIpc) is 2.43. The molecule has 20 heavy (non-hydrogen) atoms. The topological polar surface area (TPSA) is 69.6 Å². The smallest absolute Gasteiger partial charge is 0.326 e. The second-order valence-electron chi connectivity index (χ2n) is 4.89. The zero-order valence-electron chi connectivity index (χ0n) is 11.2. The Balaban J connectivity index is 2.14. The van der Waals surface area contributed by atoms with E-state index in [1.807, 2.05) is 19.1 Å². The summed E-state index contributed by atoms with van der Waals surface area (Å²) < 4.78 is 0.906. The summed E-state index contributed by atoms with van der Waals surface area (Å²) in [6.45, 7) is 2.38. The van der Waals surface area contributed by atoms with Crippen molar-refractivity contribution in [3.05, 3.63) is 28.2 Å². The second-order valence-corrected chi connectivity index (χ2v) is 5.74. The Morgan fingerprint density at radius 1 is 1.40 bits per heavy atom. The van der Waals surface area contributed by atoms with Gasteiger partial charge in [-0.2, -0.15) is 0 Å². The molecule has 1 aliphatic rings. The fourth-order valence-corrected chi connectivity index (χ4v) is 2.73. The number of urea groups is 1. The monoisotopic (exact) mass is 340 g/mol. The number of likely N-dealkylation sites (tertiary alicyclic amines) is 1. The van der Waals surface area contributed by atoms with Crippen LogP contribution in [0, 0.1) is 6.92 Å². The minimum Gasteiger partial charge on any atom is -0.480 e. The zero-order chi connectivity index (χ0) is 14.7. The van der Waals surface area contributed by atoms with Gasteiger partial charge in [-0.1, -0.05) is 22.0 Å². The molecule has 0 saturated carbocycles. The minimum atomic E-state index is -0.939. The number of carbonyl (C=O) groups is 2. The Morgan fingerprint density at radius 2 is 2.15 bits per heavy atom. The highest BCUT2D eigenvalue weighted by Crippen LogP contribution is 2.25. The second kappa shape index (κ2) is 6.26. The van der Waals surface area contributed by atoms with Crippen LogP contribution in [0.3, 0.4) is 0 Å². The van der Waals surface area contributed by atoms with Crippen molar-refractivity contribution >= 4 is 33.6 Å². The molecule has 1 heterocycles. The van der Waals surface area contributed by atoms with Crippen molar-refractivity contribution in [2.75, 3.05) is 11.9 Å². The summed E-state index contributed by atoms with van der Waals surface area (Å²) in [7, 11) is 0. The summed E-state index contributed by atoms with van der Waals surface area (Å²) >= 11 is 3.41. The van der Waals surface area contributed by atoms with Gasteiger partial charge < -0.3 is 15.3 Å². The Bertz CT molecular complexity index is 533. The molecule has 0 bridgehead atoms. The third-order valence-corrected chi connectivity index (χ3v) is 4.42. The van der Waals surface area contributed by atoms with Crippen LogP contribution >= 0.6 is 15.9 Å². The van der Waals surface area contributed by atoms with Crippen molar-refractivity contribution in [3.63, 3.8) is 0 Å². The summed E-state index contributed by atoms with van der Waals surface area (Å²) in [6.07, 6.45) is 2.20. The van der Waals surface area contributed by atoms with Gasteiger partial charge in [0.15, 0.2) is 0 Å². The molecule has 0 aliphatic carbocycles. The van der Waals surface area contributed by atoms with Gasteiger partial charge in [0.1, 0.15) is 6.04 Å². The standard InChI is InChI=1S/C14H17BrN2O3/c1-9-10(15)5-4-6-11(9)16-14(20)17-8-3-2-7-12(17)13(18)19/h4-6,12H,2-3,7-8H2,1H3,(H,16,20)(H,18,19). The van der Waals surface area contributed by atoms with Crippen LogP contribution in [0.25, 0.3) is 0 Å². The summed E-state index contributed by atoms with van der Waals surface area (Å²) in [5, 5.41) is 12.0. The van der Waals surface area contributed by atoms with E-state index < -0.39 is 12.0 Å². The molecule has 1 saturated heterocycles. The summed E-state index contributed by atoms with van der Waals surface area (Å²) in [6, 6.07) is 4.45. The number of hydrogen-bond acceptors (Lipinski definition) is 2. The number of nitrogens with one attached hydrogen (secondary N) is 1. The maximum atomic E-state index is 12.3. The number of rotatable bonds is 2. The lowest BCUT2D eigenvalue weighted by Crippen LogP contribution is -2.49. The van der Waals surface area contributed by atoms with Crippen LogP contribution in [0.4, 0.5) is 10.5 Å². The van der Waals surface area contributed by atoms with Crippen LogP contribution in [0.15, 0.2) is 22.7 Å². The molecule has 108 valence electrons. The molecular formula is C14H17BrN2O3. The number of nitrogens with zero attached hydrogens (tertiary/aromatic N) is 1. The first-order chi connectivity index (χ1) is 9.50. The highest BCUT2D eigenvalue weighted by molar-refractivity contribution is 9.10. The van der Waals surface area contributed by atoms with Gasteiger partial charge in [0.05, 0.1) is 0 Å². The van der Waals surface area contributed by atoms with E-state index in [1.165, 1.54) is 4.90 Å². The third kappa shape index (κ3) is 3.12. The lowest BCUT2D eigenvalue weighted by atomic mass is 10.0. The molecular weight excluding hydrogens is 324 g/mol. The van der Waals surface area contributed by atoms with Gasteiger partial charge in [-0.25, -0.2) is 9.59 Å². The maximum absolute atomic E-state index is 12.3. The summed E-state index contributed by atoms with van der Waals surface area (Å²) in [5.41, 5.74) is 1.61. The van der Waals surface area contributed by atoms with Crippen LogP contribution in [-0.2, 0) is 4.79 Å². The molecule has 2 amide bonds. The minimum absolute atomic E-state index is 0.349. The largest absolute Gasteiger partial charge is 0.480 e. The number of hydrogen-bond donors (Lipinski definition) is 2. The number of piperidine rings is 1. The van der Waals surface area contributed by atoms with Crippen LogP contribution < -0.4 is 5.32 Å². The molecule has 0 spiro atoms. The number of carboxylic acids is 1. The van der Waals surface area contributed by atoms with Crippen LogP contribution in [0.1, 0.15) is 24.8 Å². The fraction of sp³-hybridized carbons (Fsp3) is 0.429. The number of aliphatic carboxylic acids is 1. The Kier molecular flexibility index (Phi) is 4.65. The van der Waals surface area contributed by atoms with Crippen molar-refractivity contribution in [1.29, 1.82) is 0 Å². The number of benzene rings is 1. The SMILES string of the molecule is Cc1c(Br)cccc1NC(=O)N1CCCCC1C(=O)O. The van der Waals surface area contributed by atoms with Gasteiger partial charge in [-0.15, -0.1) is 0 Å². The summed E-state index contributed by atoms with van der Waals surface area (Å²) in [4.78, 5) is 24.9. The molecule has 2 N–H and O–H groups in total. The molecule has 1 aliphatic heterocycles. The van der Waals surface area contributed by atoms with Crippen molar-refractivity contribution < 1.29 is 14.7 Å². The lowest BCUT2D eigenvalue weighted by Gasteiger charge is -2.33. The summed E-state index contributed by atoms with van der Waals surface area (Å²) in [5.74, 6) is -0.939. The first kappa shape index (κ1) is 14.8. The van der Waals surface area contributed by atoms with Crippen LogP contribution in [-0.4, -0.2) is 34.6 Å². The molecule has 0 aromatic heterocycles. The Morgan fingerprint density at radius 3 is 2.85 bits per heavy atom. The van der Waals surface area contributed by atoms with E-state index in [4.69, 9.17) is 0 Å². The van der Waals surface area contributed by atoms with Gasteiger partial charge in [0.25, 0.3) is 0 Å². The number of anilines is 1. The lowest BCUT2D eigenvalue weighted by molar-refractivity contribution is -0.143. The zero-order valence-corrected chi connectivity index (χ0v) is 12.8. The predicted octanol–water partition coefficient (Wildman–Crippen LogP) is 3.23. The van der Waals surface area contributed by atoms with Crippen molar-refractivity contribution in [2.24, 2.45) is 0 Å². The molecule has 1 unspecified atom stereocenters. The van der Waals surface area contributed by atoms with E-state index in [9.17, 15) is 14.7 Å². The van der Waals surface area contributed by atoms with Crippen molar-refractivity contribution in [3.8, 4) is 0 Å². The number of carboxylic acid groups (broad SMARTS) is 1. The Labute approximate surface area is 126 Å². The van der Waals surface area contributed by atoms with E-state index in [2.05, 4.69) is 21.2 Å². The molecule has 5 nitrogen and oxygen atoms in total. The van der Waals surface area contributed by atoms with Crippen molar-refractivity contribution in [1.82, 2.24) is 4.90 Å². The average molecular weight is 341 g/mol. The molecule has 2 rings (SSSR count). The van der Waals surface area contributed by atoms with E-state index in [1.54, 1.807) is 6.07 Å².